The van der Waals surface area contributed by atoms with Gasteiger partial charge in [-0.15, -0.1) is 0 Å². The molecule has 14 heavy (non-hydrogen) atoms. The highest BCUT2D eigenvalue weighted by molar-refractivity contribution is 5.87. The number of carbonyl (C=O) groups is 1. The van der Waals surface area contributed by atoms with E-state index >= 15 is 0 Å². The second kappa shape index (κ2) is 4.72. The molecule has 0 saturated heterocycles. The Bertz CT molecular complexity index is 326. The van der Waals surface area contributed by atoms with Crippen molar-refractivity contribution in [2.75, 3.05) is 0 Å². The van der Waals surface area contributed by atoms with Gasteiger partial charge < -0.3 is 10.8 Å². The molecule has 0 bridgehead atoms. The standard InChI is InChI=1S/C10H14N2O2/c1-2-3-9(11)7-4-8(10(13)14)6-12-5-7/h4-6,9H,2-3,11H2,1H3,(H,13,14). The van der Waals surface area contributed by atoms with Crippen LogP contribution in [-0.2, 0) is 0 Å². The molecule has 4 heteroatoms. The summed E-state index contributed by atoms with van der Waals surface area (Å²) in [6.45, 7) is 2.04. The Labute approximate surface area is 82.8 Å². The van der Waals surface area contributed by atoms with Gasteiger partial charge >= 0.3 is 5.97 Å². The molecule has 0 aliphatic carbocycles. The number of carboxylic acid groups (broad SMARTS) is 1. The van der Waals surface area contributed by atoms with E-state index in [1.807, 2.05) is 6.92 Å². The van der Waals surface area contributed by atoms with Crippen molar-refractivity contribution < 1.29 is 9.90 Å². The van der Waals surface area contributed by atoms with Crippen LogP contribution in [0.15, 0.2) is 18.5 Å². The molecule has 1 aromatic rings. The predicted molar refractivity (Wildman–Crippen MR) is 53.0 cm³/mol. The van der Waals surface area contributed by atoms with Crippen LogP contribution in [0.4, 0.5) is 0 Å². The van der Waals surface area contributed by atoms with Crippen molar-refractivity contribution in [3.63, 3.8) is 0 Å². The molecule has 0 aliphatic rings. The topological polar surface area (TPSA) is 76.2 Å². The molecule has 3 N–H and O–H groups in total. The van der Waals surface area contributed by atoms with Crippen LogP contribution in [0, 0.1) is 0 Å². The van der Waals surface area contributed by atoms with Crippen LogP contribution in [0.2, 0.25) is 0 Å². The third kappa shape index (κ3) is 2.53. The van der Waals surface area contributed by atoms with Crippen LogP contribution in [-0.4, -0.2) is 16.1 Å². The van der Waals surface area contributed by atoms with Crippen LogP contribution in [0.25, 0.3) is 0 Å². The van der Waals surface area contributed by atoms with E-state index < -0.39 is 5.97 Å². The van der Waals surface area contributed by atoms with Gasteiger partial charge in [0.2, 0.25) is 0 Å². The first-order valence-corrected chi connectivity index (χ1v) is 4.59. The second-order valence-electron chi connectivity index (χ2n) is 3.21. The first kappa shape index (κ1) is 10.7. The van der Waals surface area contributed by atoms with Crippen LogP contribution >= 0.6 is 0 Å². The highest BCUT2D eigenvalue weighted by Gasteiger charge is 2.08. The first-order chi connectivity index (χ1) is 6.65. The summed E-state index contributed by atoms with van der Waals surface area (Å²) in [4.78, 5) is 14.5. The van der Waals surface area contributed by atoms with Crippen molar-refractivity contribution in [2.24, 2.45) is 5.73 Å². The molecule has 0 spiro atoms. The number of rotatable bonds is 4. The number of nitrogens with zero attached hydrogens (tertiary/aromatic N) is 1. The number of aromatic carboxylic acids is 1. The van der Waals surface area contributed by atoms with Gasteiger partial charge in [0.25, 0.3) is 0 Å². The lowest BCUT2D eigenvalue weighted by atomic mass is 10.0. The average Bonchev–Trinajstić information content (AvgIpc) is 2.18. The number of hydrogen-bond donors (Lipinski definition) is 2. The first-order valence-electron chi connectivity index (χ1n) is 4.59. The van der Waals surface area contributed by atoms with Crippen molar-refractivity contribution in [1.82, 2.24) is 4.98 Å². The molecule has 1 unspecified atom stereocenters. The zero-order valence-electron chi connectivity index (χ0n) is 8.10. The normalized spacial score (nSPS) is 12.4. The van der Waals surface area contributed by atoms with Gasteiger partial charge in [0.1, 0.15) is 0 Å². The lowest BCUT2D eigenvalue weighted by Gasteiger charge is -2.10. The molecule has 1 rings (SSSR count). The van der Waals surface area contributed by atoms with Crippen molar-refractivity contribution in [3.8, 4) is 0 Å². The number of carboxylic acids is 1. The molecule has 1 aromatic heterocycles. The summed E-state index contributed by atoms with van der Waals surface area (Å²) in [5.41, 5.74) is 6.81. The van der Waals surface area contributed by atoms with E-state index in [-0.39, 0.29) is 11.6 Å². The van der Waals surface area contributed by atoms with E-state index in [9.17, 15) is 4.79 Å². The molecule has 76 valence electrons. The molecular formula is C10H14N2O2. The zero-order chi connectivity index (χ0) is 10.6. The number of aromatic nitrogens is 1. The summed E-state index contributed by atoms with van der Waals surface area (Å²) in [5.74, 6) is -0.969. The SMILES string of the molecule is CCCC(N)c1cncc(C(=O)O)c1. The average molecular weight is 194 g/mol. The van der Waals surface area contributed by atoms with Gasteiger partial charge in [-0.1, -0.05) is 13.3 Å². The molecule has 4 nitrogen and oxygen atoms in total. The fraction of sp³-hybridized carbons (Fsp3) is 0.400. The molecule has 0 amide bonds. The van der Waals surface area contributed by atoms with Gasteiger partial charge in [0.05, 0.1) is 5.56 Å². The van der Waals surface area contributed by atoms with Crippen molar-refractivity contribution in [2.45, 2.75) is 25.8 Å². The summed E-state index contributed by atoms with van der Waals surface area (Å²) in [6, 6.07) is 1.46. The van der Waals surface area contributed by atoms with Crippen LogP contribution in [0.3, 0.4) is 0 Å². The summed E-state index contributed by atoms with van der Waals surface area (Å²) in [5, 5.41) is 8.74. The third-order valence-corrected chi connectivity index (χ3v) is 2.03. The summed E-state index contributed by atoms with van der Waals surface area (Å²) >= 11 is 0. The highest BCUT2D eigenvalue weighted by Crippen LogP contribution is 2.15. The van der Waals surface area contributed by atoms with Crippen LogP contribution < -0.4 is 5.73 Å². The van der Waals surface area contributed by atoms with Gasteiger partial charge in [-0.3, -0.25) is 4.98 Å². The number of pyridine rings is 1. The maximum atomic E-state index is 10.7. The Kier molecular flexibility index (Phi) is 3.59. The van der Waals surface area contributed by atoms with Crippen molar-refractivity contribution in [3.05, 3.63) is 29.6 Å². The van der Waals surface area contributed by atoms with Crippen LogP contribution in [0.1, 0.15) is 41.7 Å². The van der Waals surface area contributed by atoms with Crippen molar-refractivity contribution >= 4 is 5.97 Å². The largest absolute Gasteiger partial charge is 0.478 e. The monoisotopic (exact) mass is 194 g/mol. The van der Waals surface area contributed by atoms with Gasteiger partial charge in [-0.05, 0) is 18.1 Å². The molecule has 0 saturated carbocycles. The summed E-state index contributed by atoms with van der Waals surface area (Å²) in [6.07, 6.45) is 4.75. The van der Waals surface area contributed by atoms with E-state index in [4.69, 9.17) is 10.8 Å². The Morgan fingerprint density at radius 3 is 2.93 bits per heavy atom. The second-order valence-corrected chi connectivity index (χ2v) is 3.21. The van der Waals surface area contributed by atoms with E-state index in [0.29, 0.717) is 0 Å². The fourth-order valence-electron chi connectivity index (χ4n) is 1.26. The Morgan fingerprint density at radius 2 is 2.36 bits per heavy atom. The molecule has 0 radical (unpaired) electrons. The Morgan fingerprint density at radius 1 is 1.64 bits per heavy atom. The predicted octanol–water partition coefficient (Wildman–Crippen LogP) is 1.58. The van der Waals surface area contributed by atoms with Gasteiger partial charge in [-0.25, -0.2) is 4.79 Å². The van der Waals surface area contributed by atoms with E-state index in [2.05, 4.69) is 4.98 Å². The molecule has 0 fully saturated rings. The maximum absolute atomic E-state index is 10.7. The maximum Gasteiger partial charge on any atom is 0.337 e. The Balaban J connectivity index is 2.87. The molecular weight excluding hydrogens is 180 g/mol. The molecule has 0 aliphatic heterocycles. The zero-order valence-corrected chi connectivity index (χ0v) is 8.10. The quantitative estimate of drug-likeness (QED) is 0.762. The summed E-state index contributed by atoms with van der Waals surface area (Å²) < 4.78 is 0. The van der Waals surface area contributed by atoms with Gasteiger partial charge in [0.15, 0.2) is 0 Å². The third-order valence-electron chi connectivity index (χ3n) is 2.03. The van der Waals surface area contributed by atoms with Crippen molar-refractivity contribution in [1.29, 1.82) is 0 Å². The molecule has 1 atom stereocenters. The minimum absolute atomic E-state index is 0.119. The van der Waals surface area contributed by atoms with Gasteiger partial charge in [-0.2, -0.15) is 0 Å². The lowest BCUT2D eigenvalue weighted by Crippen LogP contribution is -2.11. The number of hydrogen-bond acceptors (Lipinski definition) is 3. The molecule has 1 heterocycles. The summed E-state index contributed by atoms with van der Waals surface area (Å²) in [7, 11) is 0. The van der Waals surface area contributed by atoms with Gasteiger partial charge in [0, 0.05) is 18.4 Å². The lowest BCUT2D eigenvalue weighted by molar-refractivity contribution is 0.0696. The Hall–Kier alpha value is -1.42. The minimum Gasteiger partial charge on any atom is -0.478 e. The smallest absolute Gasteiger partial charge is 0.337 e. The molecule has 0 aromatic carbocycles. The minimum atomic E-state index is -0.969. The van der Waals surface area contributed by atoms with E-state index in [1.165, 1.54) is 6.20 Å². The van der Waals surface area contributed by atoms with E-state index in [0.717, 1.165) is 18.4 Å². The number of nitrogens with two attached hydrogens (primary N) is 1. The highest BCUT2D eigenvalue weighted by atomic mass is 16.4. The van der Waals surface area contributed by atoms with Crippen LogP contribution in [0.5, 0.6) is 0 Å². The fourth-order valence-corrected chi connectivity index (χ4v) is 1.26. The van der Waals surface area contributed by atoms with E-state index in [1.54, 1.807) is 12.3 Å².